The van der Waals surface area contributed by atoms with E-state index in [-0.39, 0.29) is 5.92 Å². The van der Waals surface area contributed by atoms with Crippen LogP contribution in [0.2, 0.25) is 0 Å². The van der Waals surface area contributed by atoms with Gasteiger partial charge in [-0.05, 0) is 42.7 Å². The van der Waals surface area contributed by atoms with Gasteiger partial charge in [-0.15, -0.1) is 11.6 Å². The van der Waals surface area contributed by atoms with Crippen molar-refractivity contribution in [3.8, 4) is 0 Å². The number of carbonyl (C=O) groups excluding carboxylic acids is 1. The Morgan fingerprint density at radius 2 is 1.95 bits per heavy atom. The van der Waals surface area contributed by atoms with Crippen LogP contribution in [0, 0.1) is 11.8 Å². The smallest absolute Gasteiger partial charge is 0.226 e. The molecule has 1 aromatic rings. The van der Waals surface area contributed by atoms with Crippen molar-refractivity contribution in [1.82, 2.24) is 4.90 Å². The number of rotatable bonds is 2. The van der Waals surface area contributed by atoms with E-state index in [2.05, 4.69) is 24.3 Å². The van der Waals surface area contributed by atoms with E-state index < -0.39 is 0 Å². The zero-order chi connectivity index (χ0) is 13.2. The molecule has 1 amide bonds. The Labute approximate surface area is 119 Å². The van der Waals surface area contributed by atoms with Crippen molar-refractivity contribution in [2.24, 2.45) is 11.8 Å². The molecule has 1 aromatic carbocycles. The van der Waals surface area contributed by atoms with Crippen LogP contribution >= 0.6 is 11.6 Å². The molecular formula is C16H20ClNO. The van der Waals surface area contributed by atoms with Gasteiger partial charge in [0.1, 0.15) is 0 Å². The standard InChI is InChI=1S/C16H20ClNO/c17-10-12-4-3-7-18(11-12)16(19)15-8-13-5-1-2-6-14(13)9-15/h1-2,5-6,12,15H,3-4,7-11H2. The number of halogens is 1. The molecule has 0 N–H and O–H groups in total. The number of amides is 1. The second-order valence-corrected chi connectivity index (χ2v) is 6.13. The lowest BCUT2D eigenvalue weighted by molar-refractivity contribution is -0.136. The van der Waals surface area contributed by atoms with Gasteiger partial charge < -0.3 is 4.90 Å². The van der Waals surface area contributed by atoms with Crippen molar-refractivity contribution in [2.75, 3.05) is 19.0 Å². The molecule has 1 heterocycles. The molecule has 1 saturated heterocycles. The minimum Gasteiger partial charge on any atom is -0.342 e. The molecule has 102 valence electrons. The van der Waals surface area contributed by atoms with E-state index in [0.29, 0.717) is 17.7 Å². The summed E-state index contributed by atoms with van der Waals surface area (Å²) in [5.41, 5.74) is 2.71. The van der Waals surface area contributed by atoms with Crippen molar-refractivity contribution >= 4 is 17.5 Å². The van der Waals surface area contributed by atoms with Crippen molar-refractivity contribution in [1.29, 1.82) is 0 Å². The van der Waals surface area contributed by atoms with E-state index in [1.807, 2.05) is 4.90 Å². The van der Waals surface area contributed by atoms with Gasteiger partial charge in [-0.1, -0.05) is 24.3 Å². The summed E-state index contributed by atoms with van der Waals surface area (Å²) in [5, 5.41) is 0. The highest BCUT2D eigenvalue weighted by molar-refractivity contribution is 6.18. The number of nitrogens with zero attached hydrogens (tertiary/aromatic N) is 1. The van der Waals surface area contributed by atoms with Crippen molar-refractivity contribution in [2.45, 2.75) is 25.7 Å². The molecule has 19 heavy (non-hydrogen) atoms. The normalized spacial score (nSPS) is 23.4. The van der Waals surface area contributed by atoms with Gasteiger partial charge in [0.25, 0.3) is 0 Å². The third kappa shape index (κ3) is 2.64. The third-order valence-corrected chi connectivity index (χ3v) is 4.89. The van der Waals surface area contributed by atoms with Crippen LogP contribution in [0.5, 0.6) is 0 Å². The first-order valence-corrected chi connectivity index (χ1v) is 7.73. The van der Waals surface area contributed by atoms with E-state index in [1.54, 1.807) is 0 Å². The summed E-state index contributed by atoms with van der Waals surface area (Å²) in [7, 11) is 0. The predicted molar refractivity (Wildman–Crippen MR) is 77.4 cm³/mol. The van der Waals surface area contributed by atoms with E-state index in [1.165, 1.54) is 11.1 Å². The quantitative estimate of drug-likeness (QED) is 0.761. The molecule has 1 fully saturated rings. The van der Waals surface area contributed by atoms with Gasteiger partial charge in [-0.3, -0.25) is 4.79 Å². The van der Waals surface area contributed by atoms with Crippen LogP contribution in [-0.4, -0.2) is 29.8 Å². The van der Waals surface area contributed by atoms with Crippen LogP contribution in [-0.2, 0) is 17.6 Å². The summed E-state index contributed by atoms with van der Waals surface area (Å²) >= 11 is 5.95. The summed E-state index contributed by atoms with van der Waals surface area (Å²) in [6, 6.07) is 8.44. The number of piperidine rings is 1. The molecule has 1 aliphatic carbocycles. The first-order chi connectivity index (χ1) is 9.28. The van der Waals surface area contributed by atoms with Crippen molar-refractivity contribution in [3.63, 3.8) is 0 Å². The summed E-state index contributed by atoms with van der Waals surface area (Å²) in [5.74, 6) is 1.66. The zero-order valence-electron chi connectivity index (χ0n) is 11.1. The molecule has 3 heteroatoms. The highest BCUT2D eigenvalue weighted by Gasteiger charge is 2.32. The highest BCUT2D eigenvalue weighted by Crippen LogP contribution is 2.29. The van der Waals surface area contributed by atoms with E-state index in [9.17, 15) is 4.79 Å². The van der Waals surface area contributed by atoms with Gasteiger partial charge in [-0.2, -0.15) is 0 Å². The van der Waals surface area contributed by atoms with Crippen LogP contribution in [0.1, 0.15) is 24.0 Å². The topological polar surface area (TPSA) is 20.3 Å². The molecule has 0 spiro atoms. The number of fused-ring (bicyclic) bond motifs is 1. The van der Waals surface area contributed by atoms with Crippen LogP contribution < -0.4 is 0 Å². The van der Waals surface area contributed by atoms with Gasteiger partial charge >= 0.3 is 0 Å². The summed E-state index contributed by atoms with van der Waals surface area (Å²) in [4.78, 5) is 14.7. The Hall–Kier alpha value is -1.02. The SMILES string of the molecule is O=C(C1Cc2ccccc2C1)N1CCCC(CCl)C1. The Kier molecular flexibility index (Phi) is 3.79. The zero-order valence-corrected chi connectivity index (χ0v) is 11.9. The maximum absolute atomic E-state index is 12.6. The number of benzene rings is 1. The minimum atomic E-state index is 0.159. The molecule has 2 nitrogen and oxygen atoms in total. The number of alkyl halides is 1. The van der Waals surface area contributed by atoms with Gasteiger partial charge in [-0.25, -0.2) is 0 Å². The number of carbonyl (C=O) groups is 1. The molecule has 3 rings (SSSR count). The van der Waals surface area contributed by atoms with Crippen molar-refractivity contribution in [3.05, 3.63) is 35.4 Å². The maximum atomic E-state index is 12.6. The number of hydrogen-bond donors (Lipinski definition) is 0. The minimum absolute atomic E-state index is 0.159. The van der Waals surface area contributed by atoms with E-state index in [0.717, 1.165) is 38.8 Å². The lowest BCUT2D eigenvalue weighted by atomic mass is 9.97. The molecule has 1 atom stereocenters. The van der Waals surface area contributed by atoms with Crippen LogP contribution in [0.4, 0.5) is 0 Å². The predicted octanol–water partition coefficient (Wildman–Crippen LogP) is 2.88. The van der Waals surface area contributed by atoms with Crippen LogP contribution in [0.3, 0.4) is 0 Å². The molecular weight excluding hydrogens is 258 g/mol. The summed E-state index contributed by atoms with van der Waals surface area (Å²) < 4.78 is 0. The van der Waals surface area contributed by atoms with Gasteiger partial charge in [0.2, 0.25) is 5.91 Å². The maximum Gasteiger partial charge on any atom is 0.226 e. The Morgan fingerprint density at radius 1 is 1.26 bits per heavy atom. The largest absolute Gasteiger partial charge is 0.342 e. The van der Waals surface area contributed by atoms with Gasteiger partial charge in [0, 0.05) is 24.9 Å². The molecule has 0 saturated carbocycles. The Bertz CT molecular complexity index is 449. The number of hydrogen-bond acceptors (Lipinski definition) is 1. The fourth-order valence-corrected chi connectivity index (χ4v) is 3.63. The molecule has 0 radical (unpaired) electrons. The second kappa shape index (κ2) is 5.54. The average molecular weight is 278 g/mol. The monoisotopic (exact) mass is 277 g/mol. The lowest BCUT2D eigenvalue weighted by Gasteiger charge is -2.33. The highest BCUT2D eigenvalue weighted by atomic mass is 35.5. The van der Waals surface area contributed by atoms with Gasteiger partial charge in [0.15, 0.2) is 0 Å². The van der Waals surface area contributed by atoms with Crippen molar-refractivity contribution < 1.29 is 4.79 Å². The van der Waals surface area contributed by atoms with E-state index in [4.69, 9.17) is 11.6 Å². The Balaban J connectivity index is 1.66. The van der Waals surface area contributed by atoms with Crippen LogP contribution in [0.25, 0.3) is 0 Å². The fourth-order valence-electron chi connectivity index (χ4n) is 3.38. The summed E-state index contributed by atoms with van der Waals surface area (Å²) in [6.07, 6.45) is 4.09. The first kappa shape index (κ1) is 13.0. The third-order valence-electron chi connectivity index (χ3n) is 4.45. The molecule has 0 bridgehead atoms. The van der Waals surface area contributed by atoms with E-state index >= 15 is 0 Å². The summed E-state index contributed by atoms with van der Waals surface area (Å²) in [6.45, 7) is 1.77. The Morgan fingerprint density at radius 3 is 2.58 bits per heavy atom. The molecule has 0 aromatic heterocycles. The fraction of sp³-hybridized carbons (Fsp3) is 0.562. The molecule has 1 aliphatic heterocycles. The lowest BCUT2D eigenvalue weighted by Crippen LogP contribution is -2.43. The second-order valence-electron chi connectivity index (χ2n) is 5.82. The molecule has 1 unspecified atom stereocenters. The van der Waals surface area contributed by atoms with Gasteiger partial charge in [0.05, 0.1) is 0 Å². The average Bonchev–Trinajstić information content (AvgIpc) is 2.90. The van der Waals surface area contributed by atoms with Crippen LogP contribution in [0.15, 0.2) is 24.3 Å². The number of likely N-dealkylation sites (tertiary alicyclic amines) is 1. The molecule has 2 aliphatic rings. The first-order valence-electron chi connectivity index (χ1n) is 7.19.